The molecule has 0 unspecified atom stereocenters. The van der Waals surface area contributed by atoms with Gasteiger partial charge in [-0.25, -0.2) is 4.39 Å². The van der Waals surface area contributed by atoms with E-state index in [1.807, 2.05) is 27.7 Å². The van der Waals surface area contributed by atoms with Crippen LogP contribution >= 0.6 is 0 Å². The van der Waals surface area contributed by atoms with Gasteiger partial charge < -0.3 is 14.6 Å². The highest BCUT2D eigenvalue weighted by Crippen LogP contribution is 2.36. The summed E-state index contributed by atoms with van der Waals surface area (Å²) in [7, 11) is -0.631. The molecular weight excluding hydrogens is 272 g/mol. The van der Waals surface area contributed by atoms with Crippen LogP contribution in [0.1, 0.15) is 27.7 Å². The summed E-state index contributed by atoms with van der Waals surface area (Å²) in [6, 6.07) is 4.46. The summed E-state index contributed by atoms with van der Waals surface area (Å²) < 4.78 is 25.7. The summed E-state index contributed by atoms with van der Waals surface area (Å²) in [5.41, 5.74) is -0.295. The zero-order chi connectivity index (χ0) is 15.8. The maximum Gasteiger partial charge on any atom is 0.494 e. The van der Waals surface area contributed by atoms with Gasteiger partial charge in [0.1, 0.15) is 5.82 Å². The van der Waals surface area contributed by atoms with Crippen LogP contribution < -0.4 is 10.8 Å². The standard InChI is InChI=1S/C15H19BFNO3/c1-6-13(19)18-12-8-7-10(9-11(12)17)16-20-14(2,3)15(4,5)21-16/h6-9H,1H2,2-5H3,(H,18,19). The Hall–Kier alpha value is -1.66. The Morgan fingerprint density at radius 1 is 1.29 bits per heavy atom. The second-order valence-electron chi connectivity index (χ2n) is 6.02. The van der Waals surface area contributed by atoms with Crippen LogP contribution in [0.4, 0.5) is 10.1 Å². The number of hydrogen-bond donors (Lipinski definition) is 1. The number of amides is 1. The summed E-state index contributed by atoms with van der Waals surface area (Å²) >= 11 is 0. The third-order valence-electron chi connectivity index (χ3n) is 3.96. The Kier molecular flexibility index (Phi) is 3.95. The molecule has 1 N–H and O–H groups in total. The molecule has 1 heterocycles. The summed E-state index contributed by atoms with van der Waals surface area (Å²) in [4.78, 5) is 11.2. The summed E-state index contributed by atoms with van der Waals surface area (Å²) in [5.74, 6) is -1.00. The molecule has 1 fully saturated rings. The van der Waals surface area contributed by atoms with Crippen LogP contribution in [0.3, 0.4) is 0 Å². The molecule has 0 saturated carbocycles. The van der Waals surface area contributed by atoms with Crippen LogP contribution in [0.5, 0.6) is 0 Å². The first kappa shape index (κ1) is 15.7. The zero-order valence-electron chi connectivity index (χ0n) is 12.7. The Morgan fingerprint density at radius 2 is 1.86 bits per heavy atom. The van der Waals surface area contributed by atoms with Gasteiger partial charge in [0.15, 0.2) is 0 Å². The van der Waals surface area contributed by atoms with Gasteiger partial charge >= 0.3 is 7.12 Å². The fourth-order valence-corrected chi connectivity index (χ4v) is 1.94. The highest BCUT2D eigenvalue weighted by Gasteiger charge is 2.51. The minimum atomic E-state index is -0.631. The van der Waals surface area contributed by atoms with Crippen molar-refractivity contribution in [3.05, 3.63) is 36.7 Å². The molecule has 6 heteroatoms. The number of carbonyl (C=O) groups excluding carboxylic acids is 1. The van der Waals surface area contributed by atoms with E-state index in [0.29, 0.717) is 5.46 Å². The second kappa shape index (κ2) is 5.28. The summed E-state index contributed by atoms with van der Waals surface area (Å²) in [6.45, 7) is 11.1. The smallest absolute Gasteiger partial charge is 0.399 e. The number of anilines is 1. The average Bonchev–Trinajstić information content (AvgIpc) is 2.60. The molecule has 0 aliphatic carbocycles. The molecule has 0 aromatic heterocycles. The molecule has 0 bridgehead atoms. The summed E-state index contributed by atoms with van der Waals surface area (Å²) in [6.07, 6.45) is 1.08. The first-order chi connectivity index (χ1) is 9.66. The monoisotopic (exact) mass is 291 g/mol. The quantitative estimate of drug-likeness (QED) is 0.686. The van der Waals surface area contributed by atoms with Crippen molar-refractivity contribution in [2.75, 3.05) is 5.32 Å². The van der Waals surface area contributed by atoms with Gasteiger partial charge in [-0.2, -0.15) is 0 Å². The van der Waals surface area contributed by atoms with Crippen LogP contribution in [0.2, 0.25) is 0 Å². The molecule has 0 spiro atoms. The first-order valence-corrected chi connectivity index (χ1v) is 6.75. The molecular formula is C15H19BFNO3. The molecule has 2 rings (SSSR count). The second-order valence-corrected chi connectivity index (χ2v) is 6.02. The number of hydrogen-bond acceptors (Lipinski definition) is 3. The van der Waals surface area contributed by atoms with E-state index in [1.165, 1.54) is 12.1 Å². The molecule has 0 radical (unpaired) electrons. The third kappa shape index (κ3) is 3.01. The average molecular weight is 291 g/mol. The lowest BCUT2D eigenvalue weighted by molar-refractivity contribution is -0.111. The fourth-order valence-electron chi connectivity index (χ4n) is 1.94. The number of halogens is 1. The van der Waals surface area contributed by atoms with Gasteiger partial charge in [0.05, 0.1) is 16.9 Å². The highest BCUT2D eigenvalue weighted by atomic mass is 19.1. The van der Waals surface area contributed by atoms with Crippen molar-refractivity contribution < 1.29 is 18.5 Å². The van der Waals surface area contributed by atoms with E-state index in [9.17, 15) is 9.18 Å². The Bertz CT molecular complexity index is 570. The molecule has 1 aromatic carbocycles. The van der Waals surface area contributed by atoms with Crippen LogP contribution in [0.15, 0.2) is 30.9 Å². The van der Waals surface area contributed by atoms with Crippen molar-refractivity contribution in [3.63, 3.8) is 0 Å². The van der Waals surface area contributed by atoms with Gasteiger partial charge in [-0.05, 0) is 51.4 Å². The van der Waals surface area contributed by atoms with Gasteiger partial charge in [-0.15, -0.1) is 0 Å². The van der Waals surface area contributed by atoms with E-state index in [4.69, 9.17) is 9.31 Å². The molecule has 1 aromatic rings. The van der Waals surface area contributed by atoms with E-state index >= 15 is 0 Å². The van der Waals surface area contributed by atoms with E-state index in [-0.39, 0.29) is 5.69 Å². The van der Waals surface area contributed by atoms with Crippen LogP contribution in [-0.2, 0) is 14.1 Å². The largest absolute Gasteiger partial charge is 0.494 e. The molecule has 21 heavy (non-hydrogen) atoms. The van der Waals surface area contributed by atoms with Crippen molar-refractivity contribution in [1.82, 2.24) is 0 Å². The molecule has 112 valence electrons. The normalized spacial score (nSPS) is 19.4. The van der Waals surface area contributed by atoms with Crippen molar-refractivity contribution in [1.29, 1.82) is 0 Å². The minimum absolute atomic E-state index is 0.0974. The maximum absolute atomic E-state index is 14.0. The van der Waals surface area contributed by atoms with Crippen LogP contribution in [0, 0.1) is 5.82 Å². The van der Waals surface area contributed by atoms with E-state index in [0.717, 1.165) is 6.08 Å². The van der Waals surface area contributed by atoms with Crippen molar-refractivity contribution in [3.8, 4) is 0 Å². The van der Waals surface area contributed by atoms with Crippen LogP contribution in [0.25, 0.3) is 0 Å². The lowest BCUT2D eigenvalue weighted by atomic mass is 9.79. The topological polar surface area (TPSA) is 47.6 Å². The SMILES string of the molecule is C=CC(=O)Nc1ccc(B2OC(C)(C)C(C)(C)O2)cc1F. The molecule has 1 amide bonds. The van der Waals surface area contributed by atoms with Gasteiger partial charge in [0, 0.05) is 0 Å². The van der Waals surface area contributed by atoms with E-state index < -0.39 is 30.0 Å². The van der Waals surface area contributed by atoms with E-state index in [1.54, 1.807) is 6.07 Å². The number of carbonyl (C=O) groups is 1. The first-order valence-electron chi connectivity index (χ1n) is 6.75. The number of rotatable bonds is 3. The Labute approximate surface area is 124 Å². The lowest BCUT2D eigenvalue weighted by Gasteiger charge is -2.32. The van der Waals surface area contributed by atoms with Crippen molar-refractivity contribution in [2.24, 2.45) is 0 Å². The lowest BCUT2D eigenvalue weighted by Crippen LogP contribution is -2.41. The predicted octanol–water partition coefficient (Wildman–Crippen LogP) is 2.25. The van der Waals surface area contributed by atoms with Gasteiger partial charge in [0.2, 0.25) is 5.91 Å². The van der Waals surface area contributed by atoms with Gasteiger partial charge in [-0.3, -0.25) is 4.79 Å². The fraction of sp³-hybridized carbons (Fsp3) is 0.400. The van der Waals surface area contributed by atoms with Gasteiger partial charge in [-0.1, -0.05) is 12.6 Å². The Morgan fingerprint density at radius 3 is 2.33 bits per heavy atom. The van der Waals surface area contributed by atoms with Gasteiger partial charge in [0.25, 0.3) is 0 Å². The number of nitrogens with one attached hydrogen (secondary N) is 1. The molecule has 1 aliphatic rings. The third-order valence-corrected chi connectivity index (χ3v) is 3.96. The Balaban J connectivity index is 2.22. The van der Waals surface area contributed by atoms with Crippen LogP contribution in [-0.4, -0.2) is 24.2 Å². The molecule has 4 nitrogen and oxygen atoms in total. The number of benzene rings is 1. The van der Waals surface area contributed by atoms with Crippen molar-refractivity contribution >= 4 is 24.2 Å². The molecule has 1 aliphatic heterocycles. The molecule has 0 atom stereocenters. The molecule has 1 saturated heterocycles. The zero-order valence-corrected chi connectivity index (χ0v) is 12.7. The van der Waals surface area contributed by atoms with Crippen molar-refractivity contribution in [2.45, 2.75) is 38.9 Å². The minimum Gasteiger partial charge on any atom is -0.399 e. The van der Waals surface area contributed by atoms with E-state index in [2.05, 4.69) is 11.9 Å². The summed E-state index contributed by atoms with van der Waals surface area (Å²) in [5, 5.41) is 2.40. The highest BCUT2D eigenvalue weighted by molar-refractivity contribution is 6.62. The predicted molar refractivity (Wildman–Crippen MR) is 80.9 cm³/mol. The maximum atomic E-state index is 14.0.